The van der Waals surface area contributed by atoms with Crippen LogP contribution in [-0.4, -0.2) is 76.8 Å². The summed E-state index contributed by atoms with van der Waals surface area (Å²) in [4.78, 5) is 42.5. The number of β-lactam (4-membered cyclic amide) rings is 1. The molecule has 1 atom stereocenters. The number of hydrogen-bond donors (Lipinski definition) is 0. The van der Waals surface area contributed by atoms with Crippen molar-refractivity contribution in [2.24, 2.45) is 0 Å². The van der Waals surface area contributed by atoms with Crippen molar-refractivity contribution in [2.75, 3.05) is 32.7 Å². The molecule has 162 valence electrons. The lowest BCUT2D eigenvalue weighted by Gasteiger charge is -2.58. The van der Waals surface area contributed by atoms with Gasteiger partial charge >= 0.3 is 0 Å². The Hall–Kier alpha value is -2.64. The minimum Gasteiger partial charge on any atom is -0.478 e. The van der Waals surface area contributed by atoms with Crippen molar-refractivity contribution >= 4 is 17.7 Å². The van der Waals surface area contributed by atoms with E-state index in [0.717, 1.165) is 32.1 Å². The maximum absolute atomic E-state index is 13.2. The number of carbonyl (C=O) groups is 3. The summed E-state index contributed by atoms with van der Waals surface area (Å²) < 4.78 is 19.2. The van der Waals surface area contributed by atoms with Gasteiger partial charge in [-0.1, -0.05) is 19.3 Å². The molecule has 1 aromatic carbocycles. The van der Waals surface area contributed by atoms with Gasteiger partial charge in [0.1, 0.15) is 18.1 Å². The van der Waals surface area contributed by atoms with Crippen LogP contribution in [0.3, 0.4) is 0 Å². The van der Waals surface area contributed by atoms with Crippen molar-refractivity contribution in [3.8, 4) is 5.75 Å². The summed E-state index contributed by atoms with van der Waals surface area (Å²) in [6, 6.07) is 5.69. The fourth-order valence-corrected chi connectivity index (χ4v) is 4.91. The van der Waals surface area contributed by atoms with E-state index in [1.165, 1.54) is 31.2 Å². The lowest BCUT2D eigenvalue weighted by Crippen LogP contribution is -2.77. The van der Waals surface area contributed by atoms with Gasteiger partial charge in [0.2, 0.25) is 11.8 Å². The molecular weight excluding hydrogens is 389 g/mol. The molecule has 3 fully saturated rings. The Kier molecular flexibility index (Phi) is 5.66. The Morgan fingerprint density at radius 3 is 2.23 bits per heavy atom. The van der Waals surface area contributed by atoms with Crippen molar-refractivity contribution in [1.29, 1.82) is 0 Å². The Bertz CT molecular complexity index is 814. The minimum atomic E-state index is -0.634. The quantitative estimate of drug-likeness (QED) is 0.701. The van der Waals surface area contributed by atoms with Gasteiger partial charge in [-0.15, -0.1) is 0 Å². The molecule has 0 aromatic heterocycles. The zero-order valence-corrected chi connectivity index (χ0v) is 17.3. The van der Waals surface area contributed by atoms with E-state index in [1.54, 1.807) is 14.7 Å². The normalized spacial score (nSPS) is 23.3. The lowest BCUT2D eigenvalue weighted by atomic mass is 9.70. The van der Waals surface area contributed by atoms with E-state index >= 15 is 0 Å². The Balaban J connectivity index is 1.43. The summed E-state index contributed by atoms with van der Waals surface area (Å²) in [7, 11) is 0. The molecule has 1 aromatic rings. The molecule has 8 heteroatoms. The van der Waals surface area contributed by atoms with Crippen LogP contribution in [0.4, 0.5) is 4.39 Å². The molecule has 4 rings (SSSR count). The van der Waals surface area contributed by atoms with Crippen LogP contribution >= 0.6 is 0 Å². The molecule has 0 bridgehead atoms. The number of hydrogen-bond acceptors (Lipinski definition) is 4. The van der Waals surface area contributed by atoms with Crippen molar-refractivity contribution in [3.63, 3.8) is 0 Å². The van der Waals surface area contributed by atoms with Crippen LogP contribution in [0.5, 0.6) is 5.75 Å². The van der Waals surface area contributed by atoms with Crippen molar-refractivity contribution in [1.82, 2.24) is 14.7 Å². The van der Waals surface area contributed by atoms with Crippen molar-refractivity contribution in [2.45, 2.75) is 50.7 Å². The molecule has 1 unspecified atom stereocenters. The zero-order chi connectivity index (χ0) is 21.3. The minimum absolute atomic E-state index is 0.0157. The van der Waals surface area contributed by atoms with E-state index in [2.05, 4.69) is 0 Å². The molecule has 2 aliphatic heterocycles. The van der Waals surface area contributed by atoms with Crippen LogP contribution in [-0.2, 0) is 14.4 Å². The van der Waals surface area contributed by atoms with E-state index in [0.29, 0.717) is 31.9 Å². The number of nitrogens with zero attached hydrogens (tertiary/aromatic N) is 3. The number of amides is 3. The standard InChI is InChI=1S/C22H28FN3O4/c1-16(27)24-11-13-25(14-12-24)19(28)15-26-21(29)20(22(26)9-3-2-4-10-22)30-18-7-5-17(23)6-8-18/h5-8,20H,2-4,9-15H2,1H3. The fourth-order valence-electron chi connectivity index (χ4n) is 4.91. The summed E-state index contributed by atoms with van der Waals surface area (Å²) in [6.45, 7) is 3.60. The molecule has 3 aliphatic rings. The molecule has 2 saturated heterocycles. The van der Waals surface area contributed by atoms with Gasteiger partial charge < -0.3 is 19.4 Å². The summed E-state index contributed by atoms with van der Waals surface area (Å²) in [5.74, 6) is -0.145. The second-order valence-corrected chi connectivity index (χ2v) is 8.43. The number of likely N-dealkylation sites (tertiary alicyclic amines) is 1. The zero-order valence-electron chi connectivity index (χ0n) is 17.3. The van der Waals surface area contributed by atoms with Gasteiger partial charge in [-0.3, -0.25) is 14.4 Å². The number of rotatable bonds is 4. The topological polar surface area (TPSA) is 70.2 Å². The third kappa shape index (κ3) is 3.75. The van der Waals surface area contributed by atoms with Gasteiger partial charge in [0.05, 0.1) is 5.54 Å². The molecule has 3 amide bonds. The van der Waals surface area contributed by atoms with Gasteiger partial charge in [-0.25, -0.2) is 4.39 Å². The van der Waals surface area contributed by atoms with Crippen LogP contribution in [0.25, 0.3) is 0 Å². The highest BCUT2D eigenvalue weighted by Gasteiger charge is 2.62. The first-order chi connectivity index (χ1) is 14.4. The second-order valence-electron chi connectivity index (χ2n) is 8.43. The van der Waals surface area contributed by atoms with E-state index in [9.17, 15) is 18.8 Å². The number of carbonyl (C=O) groups excluding carboxylic acids is 3. The molecule has 7 nitrogen and oxygen atoms in total. The Morgan fingerprint density at radius 1 is 1.03 bits per heavy atom. The van der Waals surface area contributed by atoms with Crippen molar-refractivity contribution in [3.05, 3.63) is 30.1 Å². The number of halogens is 1. The van der Waals surface area contributed by atoms with E-state index in [4.69, 9.17) is 4.74 Å². The van der Waals surface area contributed by atoms with Crippen LogP contribution in [0, 0.1) is 5.82 Å². The van der Waals surface area contributed by atoms with Crippen LogP contribution < -0.4 is 4.74 Å². The predicted octanol–water partition coefficient (Wildman–Crippen LogP) is 1.81. The number of ether oxygens (including phenoxy) is 1. The van der Waals surface area contributed by atoms with Crippen LogP contribution in [0.1, 0.15) is 39.0 Å². The second kappa shape index (κ2) is 8.24. The van der Waals surface area contributed by atoms with E-state index in [-0.39, 0.29) is 30.1 Å². The average molecular weight is 417 g/mol. The van der Waals surface area contributed by atoms with Crippen LogP contribution in [0.2, 0.25) is 0 Å². The molecule has 1 saturated carbocycles. The largest absolute Gasteiger partial charge is 0.478 e. The molecule has 0 radical (unpaired) electrons. The summed E-state index contributed by atoms with van der Waals surface area (Å²) in [5, 5.41) is 0. The van der Waals surface area contributed by atoms with Gasteiger partial charge in [-0.2, -0.15) is 0 Å². The molecule has 1 aliphatic carbocycles. The Labute approximate surface area is 175 Å². The highest BCUT2D eigenvalue weighted by Crippen LogP contribution is 2.45. The van der Waals surface area contributed by atoms with Gasteiger partial charge in [-0.05, 0) is 37.1 Å². The fraction of sp³-hybridized carbons (Fsp3) is 0.591. The van der Waals surface area contributed by atoms with Gasteiger partial charge in [0.15, 0.2) is 6.10 Å². The molecule has 1 spiro atoms. The highest BCUT2D eigenvalue weighted by atomic mass is 19.1. The molecule has 2 heterocycles. The number of piperazine rings is 1. The van der Waals surface area contributed by atoms with Gasteiger partial charge in [0.25, 0.3) is 5.91 Å². The summed E-state index contributed by atoms with van der Waals surface area (Å²) in [5.41, 5.74) is -0.472. The third-order valence-corrected chi connectivity index (χ3v) is 6.67. The Morgan fingerprint density at radius 2 is 1.63 bits per heavy atom. The lowest BCUT2D eigenvalue weighted by molar-refractivity contribution is -0.189. The molecular formula is C22H28FN3O4. The van der Waals surface area contributed by atoms with Crippen LogP contribution in [0.15, 0.2) is 24.3 Å². The van der Waals surface area contributed by atoms with Gasteiger partial charge in [0, 0.05) is 33.1 Å². The maximum Gasteiger partial charge on any atom is 0.267 e. The van der Waals surface area contributed by atoms with E-state index in [1.807, 2.05) is 0 Å². The molecule has 30 heavy (non-hydrogen) atoms. The first-order valence-electron chi connectivity index (χ1n) is 10.7. The first kappa shape index (κ1) is 20.6. The SMILES string of the molecule is CC(=O)N1CCN(C(=O)CN2C(=O)C(Oc3ccc(F)cc3)C23CCCCC3)CC1. The average Bonchev–Trinajstić information content (AvgIpc) is 2.77. The number of benzene rings is 1. The molecule has 0 N–H and O–H groups in total. The monoisotopic (exact) mass is 417 g/mol. The summed E-state index contributed by atoms with van der Waals surface area (Å²) in [6.07, 6.45) is 4.04. The highest BCUT2D eigenvalue weighted by molar-refractivity contribution is 5.94. The third-order valence-electron chi connectivity index (χ3n) is 6.67. The predicted molar refractivity (Wildman–Crippen MR) is 107 cm³/mol. The van der Waals surface area contributed by atoms with Crippen molar-refractivity contribution < 1.29 is 23.5 Å². The first-order valence-corrected chi connectivity index (χ1v) is 10.7. The summed E-state index contributed by atoms with van der Waals surface area (Å²) >= 11 is 0. The van der Waals surface area contributed by atoms with E-state index < -0.39 is 11.6 Å². The maximum atomic E-state index is 13.2. The smallest absolute Gasteiger partial charge is 0.267 e.